The molecule has 1 aliphatic rings. The van der Waals surface area contributed by atoms with E-state index in [9.17, 15) is 14.0 Å². The van der Waals surface area contributed by atoms with Crippen LogP contribution in [-0.2, 0) is 14.3 Å². The van der Waals surface area contributed by atoms with E-state index in [2.05, 4.69) is 15.5 Å². The lowest BCUT2D eigenvalue weighted by Gasteiger charge is -2.26. The topological polar surface area (TPSA) is 70.7 Å². The van der Waals surface area contributed by atoms with Crippen LogP contribution >= 0.6 is 23.4 Å². The molecule has 31 heavy (non-hydrogen) atoms. The van der Waals surface area contributed by atoms with E-state index in [1.165, 1.54) is 30.0 Å². The van der Waals surface area contributed by atoms with Crippen LogP contribution in [0.25, 0.3) is 0 Å². The monoisotopic (exact) mass is 465 g/mol. The number of halogens is 2. The van der Waals surface area contributed by atoms with Crippen molar-refractivity contribution in [3.8, 4) is 0 Å². The van der Waals surface area contributed by atoms with Crippen molar-refractivity contribution in [3.05, 3.63) is 53.3 Å². The van der Waals surface area contributed by atoms with Gasteiger partial charge in [0.05, 0.1) is 24.2 Å². The van der Waals surface area contributed by atoms with Crippen LogP contribution in [0.4, 0.5) is 15.8 Å². The molecule has 2 amide bonds. The molecule has 0 saturated carbocycles. The van der Waals surface area contributed by atoms with E-state index in [1.807, 2.05) is 12.1 Å². The van der Waals surface area contributed by atoms with Crippen LogP contribution in [0.1, 0.15) is 13.3 Å². The Labute approximate surface area is 190 Å². The van der Waals surface area contributed by atoms with Crippen LogP contribution < -0.4 is 10.6 Å². The van der Waals surface area contributed by atoms with Gasteiger partial charge in [-0.05, 0) is 49.4 Å². The molecule has 6 nitrogen and oxygen atoms in total. The Balaban J connectivity index is 1.53. The minimum absolute atomic E-state index is 0.0442. The molecule has 1 heterocycles. The average Bonchev–Trinajstić information content (AvgIpc) is 2.77. The number of benzene rings is 2. The Bertz CT molecular complexity index is 907. The number of amides is 2. The Morgan fingerprint density at radius 1 is 1.16 bits per heavy atom. The van der Waals surface area contributed by atoms with E-state index >= 15 is 0 Å². The van der Waals surface area contributed by atoms with Crippen molar-refractivity contribution < 1.29 is 18.7 Å². The van der Waals surface area contributed by atoms with Gasteiger partial charge >= 0.3 is 0 Å². The zero-order chi connectivity index (χ0) is 22.2. The van der Waals surface area contributed by atoms with Crippen LogP contribution in [0.15, 0.2) is 47.4 Å². The SMILES string of the molecule is CC(Sc1ccc(Cl)cc1)C(=O)Nc1ccc(F)c(NC(=O)CCN2CCOCC2)c1. The van der Waals surface area contributed by atoms with Crippen molar-refractivity contribution >= 4 is 46.6 Å². The minimum Gasteiger partial charge on any atom is -0.379 e. The lowest BCUT2D eigenvalue weighted by molar-refractivity contribution is -0.117. The van der Waals surface area contributed by atoms with Gasteiger partial charge in [-0.15, -0.1) is 11.8 Å². The normalized spacial score (nSPS) is 15.3. The Hall–Kier alpha value is -2.13. The van der Waals surface area contributed by atoms with Crippen molar-refractivity contribution in [2.24, 2.45) is 0 Å². The van der Waals surface area contributed by atoms with Gasteiger partial charge < -0.3 is 15.4 Å². The summed E-state index contributed by atoms with van der Waals surface area (Å²) in [6, 6.07) is 11.4. The Morgan fingerprint density at radius 2 is 1.87 bits per heavy atom. The van der Waals surface area contributed by atoms with Crippen LogP contribution in [0, 0.1) is 5.82 Å². The summed E-state index contributed by atoms with van der Waals surface area (Å²) < 4.78 is 19.5. The van der Waals surface area contributed by atoms with E-state index in [4.69, 9.17) is 16.3 Å². The number of carbonyl (C=O) groups excluding carboxylic acids is 2. The molecule has 0 aromatic heterocycles. The number of ether oxygens (including phenoxy) is 1. The summed E-state index contributed by atoms with van der Waals surface area (Å²) in [6.45, 7) is 5.27. The van der Waals surface area contributed by atoms with Crippen molar-refractivity contribution in [2.75, 3.05) is 43.5 Å². The first-order valence-corrected chi connectivity index (χ1v) is 11.3. The Morgan fingerprint density at radius 3 is 2.58 bits per heavy atom. The highest BCUT2D eigenvalue weighted by atomic mass is 35.5. The predicted molar refractivity (Wildman–Crippen MR) is 122 cm³/mol. The molecule has 2 N–H and O–H groups in total. The van der Waals surface area contributed by atoms with Crippen molar-refractivity contribution in [3.63, 3.8) is 0 Å². The first-order valence-electron chi connectivity index (χ1n) is 10.0. The summed E-state index contributed by atoms with van der Waals surface area (Å²) in [7, 11) is 0. The van der Waals surface area contributed by atoms with Gasteiger partial charge in [0.2, 0.25) is 11.8 Å². The molecule has 1 atom stereocenters. The summed E-state index contributed by atoms with van der Waals surface area (Å²) in [5.41, 5.74) is 0.459. The number of hydrogen-bond donors (Lipinski definition) is 2. The fourth-order valence-electron chi connectivity index (χ4n) is 3.01. The second-order valence-electron chi connectivity index (χ2n) is 7.15. The summed E-state index contributed by atoms with van der Waals surface area (Å²) in [4.78, 5) is 27.8. The standard InChI is InChI=1S/C22H25ClFN3O3S/c1-15(31-18-5-2-16(23)3-6-18)22(29)25-17-4-7-19(24)20(14-17)26-21(28)8-9-27-10-12-30-13-11-27/h2-7,14-15H,8-13H2,1H3,(H,25,29)(H,26,28). The molecule has 0 radical (unpaired) electrons. The maximum absolute atomic E-state index is 14.2. The third kappa shape index (κ3) is 7.50. The lowest BCUT2D eigenvalue weighted by atomic mass is 10.2. The minimum atomic E-state index is -0.554. The van der Waals surface area contributed by atoms with Crippen LogP contribution in [-0.4, -0.2) is 54.8 Å². The molecule has 1 aliphatic heterocycles. The first-order chi connectivity index (χ1) is 14.9. The highest BCUT2D eigenvalue weighted by molar-refractivity contribution is 8.00. The van der Waals surface area contributed by atoms with Crippen molar-refractivity contribution in [1.82, 2.24) is 4.90 Å². The Kier molecular flexibility index (Phi) is 8.71. The molecule has 1 unspecified atom stereocenters. The number of nitrogens with zero attached hydrogens (tertiary/aromatic N) is 1. The number of hydrogen-bond acceptors (Lipinski definition) is 5. The molecule has 0 spiro atoms. The lowest BCUT2D eigenvalue weighted by Crippen LogP contribution is -2.38. The first kappa shape index (κ1) is 23.5. The summed E-state index contributed by atoms with van der Waals surface area (Å²) >= 11 is 7.27. The molecule has 2 aromatic carbocycles. The van der Waals surface area contributed by atoms with E-state index in [-0.39, 0.29) is 29.2 Å². The molecular formula is C22H25ClFN3O3S. The van der Waals surface area contributed by atoms with Gasteiger partial charge in [-0.3, -0.25) is 14.5 Å². The van der Waals surface area contributed by atoms with Gasteiger partial charge in [-0.2, -0.15) is 0 Å². The van der Waals surface area contributed by atoms with Gasteiger partial charge in [0.1, 0.15) is 5.82 Å². The van der Waals surface area contributed by atoms with Crippen LogP contribution in [0.5, 0.6) is 0 Å². The summed E-state index contributed by atoms with van der Waals surface area (Å²) in [5, 5.41) is 5.62. The summed E-state index contributed by atoms with van der Waals surface area (Å²) in [6.07, 6.45) is 0.255. The van der Waals surface area contributed by atoms with Crippen molar-refractivity contribution in [1.29, 1.82) is 0 Å². The fraction of sp³-hybridized carbons (Fsp3) is 0.364. The quantitative estimate of drug-likeness (QED) is 0.570. The van der Waals surface area contributed by atoms with E-state index in [0.717, 1.165) is 18.0 Å². The second kappa shape index (κ2) is 11.5. The summed E-state index contributed by atoms with van der Waals surface area (Å²) in [5.74, 6) is -1.06. The number of rotatable bonds is 8. The maximum Gasteiger partial charge on any atom is 0.237 e. The molecule has 3 rings (SSSR count). The largest absolute Gasteiger partial charge is 0.379 e. The van der Waals surface area contributed by atoms with E-state index in [1.54, 1.807) is 19.1 Å². The van der Waals surface area contributed by atoms with Crippen LogP contribution in [0.2, 0.25) is 5.02 Å². The third-order valence-corrected chi connectivity index (χ3v) is 6.13. The van der Waals surface area contributed by atoms with Crippen molar-refractivity contribution in [2.45, 2.75) is 23.5 Å². The highest BCUT2D eigenvalue weighted by Crippen LogP contribution is 2.26. The van der Waals surface area contributed by atoms with Gasteiger partial charge in [0, 0.05) is 41.7 Å². The number of morpholine rings is 1. The fourth-order valence-corrected chi connectivity index (χ4v) is 4.00. The zero-order valence-electron chi connectivity index (χ0n) is 17.2. The highest BCUT2D eigenvalue weighted by Gasteiger charge is 2.17. The zero-order valence-corrected chi connectivity index (χ0v) is 18.8. The maximum atomic E-state index is 14.2. The van der Waals surface area contributed by atoms with Gasteiger partial charge in [0.25, 0.3) is 0 Å². The third-order valence-electron chi connectivity index (χ3n) is 4.76. The predicted octanol–water partition coefficient (Wildman–Crippen LogP) is 4.26. The molecule has 0 bridgehead atoms. The van der Waals surface area contributed by atoms with E-state index < -0.39 is 5.82 Å². The average molecular weight is 466 g/mol. The molecule has 166 valence electrons. The molecule has 2 aromatic rings. The second-order valence-corrected chi connectivity index (χ2v) is 9.00. The van der Waals surface area contributed by atoms with Crippen LogP contribution in [0.3, 0.4) is 0 Å². The molecule has 1 saturated heterocycles. The number of carbonyl (C=O) groups is 2. The molecule has 0 aliphatic carbocycles. The van der Waals surface area contributed by atoms with Gasteiger partial charge in [0.15, 0.2) is 0 Å². The molecule has 1 fully saturated rings. The molecule has 9 heteroatoms. The smallest absolute Gasteiger partial charge is 0.237 e. The molecular weight excluding hydrogens is 441 g/mol. The van der Waals surface area contributed by atoms with E-state index in [0.29, 0.717) is 30.5 Å². The van der Waals surface area contributed by atoms with Gasteiger partial charge in [-0.1, -0.05) is 11.6 Å². The van der Waals surface area contributed by atoms with Gasteiger partial charge in [-0.25, -0.2) is 4.39 Å². The number of nitrogens with one attached hydrogen (secondary N) is 2. The number of thioether (sulfide) groups is 1. The number of anilines is 2.